The van der Waals surface area contributed by atoms with Gasteiger partial charge in [-0.15, -0.1) is 0 Å². The van der Waals surface area contributed by atoms with Gasteiger partial charge in [0.1, 0.15) is 5.82 Å². The second-order valence-electron chi connectivity index (χ2n) is 2.97. The summed E-state index contributed by atoms with van der Waals surface area (Å²) in [6.45, 7) is 4.41. The van der Waals surface area contributed by atoms with Crippen LogP contribution in [0.2, 0.25) is 0 Å². The summed E-state index contributed by atoms with van der Waals surface area (Å²) in [4.78, 5) is 15.4. The third kappa shape index (κ3) is 5.13. The van der Waals surface area contributed by atoms with Crippen LogP contribution in [-0.4, -0.2) is 27.7 Å². The van der Waals surface area contributed by atoms with Crippen molar-refractivity contribution in [2.24, 2.45) is 0 Å². The van der Waals surface area contributed by atoms with Crippen LogP contribution in [0.5, 0.6) is 0 Å². The first-order chi connectivity index (χ1) is 7.22. The zero-order valence-corrected chi connectivity index (χ0v) is 10.5. The lowest BCUT2D eigenvalue weighted by molar-refractivity contribution is -0.140. The van der Waals surface area contributed by atoms with E-state index in [0.717, 1.165) is 23.0 Å². The molecular weight excluding hydrogens is 232 g/mol. The molecule has 1 rings (SSSR count). The number of rotatable bonds is 6. The first kappa shape index (κ1) is 12.4. The largest absolute Gasteiger partial charge is 0.465 e. The molecule has 0 amide bonds. The van der Waals surface area contributed by atoms with E-state index in [-0.39, 0.29) is 5.97 Å². The number of thioether (sulfide) groups is 1. The highest BCUT2D eigenvalue weighted by Gasteiger charge is 2.06. The molecule has 0 aliphatic carbocycles. The fourth-order valence-electron chi connectivity index (χ4n) is 0.829. The summed E-state index contributed by atoms with van der Waals surface area (Å²) in [6.07, 6.45) is 1.96. The fraction of sp³-hybridized carbons (Fsp3) is 0.667. The predicted molar refractivity (Wildman–Crippen MR) is 61.2 cm³/mol. The molecule has 1 aromatic rings. The molecule has 0 aliphatic rings. The van der Waals surface area contributed by atoms with Crippen LogP contribution in [0.25, 0.3) is 0 Å². The van der Waals surface area contributed by atoms with E-state index in [2.05, 4.69) is 16.3 Å². The molecule has 0 radical (unpaired) electrons. The van der Waals surface area contributed by atoms with Crippen LogP contribution >= 0.6 is 23.3 Å². The van der Waals surface area contributed by atoms with Gasteiger partial charge in [0, 0.05) is 0 Å². The van der Waals surface area contributed by atoms with Crippen molar-refractivity contribution >= 4 is 29.3 Å². The van der Waals surface area contributed by atoms with Gasteiger partial charge in [0.2, 0.25) is 0 Å². The summed E-state index contributed by atoms with van der Waals surface area (Å²) in [5.41, 5.74) is 0. The number of hydrogen-bond acceptors (Lipinski definition) is 6. The first-order valence-corrected chi connectivity index (χ1v) is 6.57. The molecule has 0 aromatic carbocycles. The molecule has 6 heteroatoms. The standard InChI is InChI=1S/C9H14N2O2S2/c1-3-4-5-13-8(12)6-14-9-10-7(2)11-15-9/h3-6H2,1-2H3. The number of aromatic nitrogens is 2. The van der Waals surface area contributed by atoms with Gasteiger partial charge in [0.25, 0.3) is 0 Å². The Hall–Kier alpha value is -0.620. The Kier molecular flexibility index (Phi) is 5.63. The number of hydrogen-bond donors (Lipinski definition) is 0. The van der Waals surface area contributed by atoms with Gasteiger partial charge in [-0.05, 0) is 24.9 Å². The van der Waals surface area contributed by atoms with Crippen molar-refractivity contribution in [3.63, 3.8) is 0 Å². The highest BCUT2D eigenvalue weighted by atomic mass is 32.2. The minimum atomic E-state index is -0.179. The second kappa shape index (κ2) is 6.79. The smallest absolute Gasteiger partial charge is 0.316 e. The van der Waals surface area contributed by atoms with E-state index < -0.39 is 0 Å². The second-order valence-corrected chi connectivity index (χ2v) is 4.94. The number of aryl methyl sites for hydroxylation is 1. The average molecular weight is 246 g/mol. The molecule has 0 spiro atoms. The molecular formula is C9H14N2O2S2. The molecule has 1 aromatic heterocycles. The molecule has 1 heterocycles. The van der Waals surface area contributed by atoms with E-state index in [1.165, 1.54) is 23.3 Å². The summed E-state index contributed by atoms with van der Waals surface area (Å²) in [5, 5.41) is 0. The van der Waals surface area contributed by atoms with Gasteiger partial charge in [-0.2, -0.15) is 4.37 Å². The Morgan fingerprint density at radius 2 is 2.40 bits per heavy atom. The van der Waals surface area contributed by atoms with Crippen molar-refractivity contribution in [3.05, 3.63) is 5.82 Å². The van der Waals surface area contributed by atoms with Gasteiger partial charge < -0.3 is 4.74 Å². The lowest BCUT2D eigenvalue weighted by Crippen LogP contribution is -2.08. The highest BCUT2D eigenvalue weighted by Crippen LogP contribution is 2.19. The lowest BCUT2D eigenvalue weighted by Gasteiger charge is -2.01. The minimum Gasteiger partial charge on any atom is -0.465 e. The van der Waals surface area contributed by atoms with Crippen molar-refractivity contribution in [2.45, 2.75) is 31.0 Å². The van der Waals surface area contributed by atoms with Gasteiger partial charge in [0.15, 0.2) is 4.34 Å². The van der Waals surface area contributed by atoms with E-state index in [9.17, 15) is 4.79 Å². The molecule has 84 valence electrons. The van der Waals surface area contributed by atoms with Crippen LogP contribution in [0.3, 0.4) is 0 Å². The Labute approximate surface area is 97.6 Å². The van der Waals surface area contributed by atoms with Gasteiger partial charge in [-0.25, -0.2) is 4.98 Å². The van der Waals surface area contributed by atoms with E-state index in [1.54, 1.807) is 0 Å². The molecule has 0 unspecified atom stereocenters. The van der Waals surface area contributed by atoms with Crippen LogP contribution in [0.15, 0.2) is 4.34 Å². The predicted octanol–water partition coefficient (Wildman–Crippen LogP) is 2.28. The van der Waals surface area contributed by atoms with Crippen molar-refractivity contribution in [1.82, 2.24) is 9.36 Å². The van der Waals surface area contributed by atoms with E-state index in [1.807, 2.05) is 6.92 Å². The van der Waals surface area contributed by atoms with Gasteiger partial charge in [-0.3, -0.25) is 4.79 Å². The van der Waals surface area contributed by atoms with Crippen LogP contribution < -0.4 is 0 Å². The molecule has 15 heavy (non-hydrogen) atoms. The molecule has 0 fully saturated rings. The quantitative estimate of drug-likeness (QED) is 0.438. The number of carbonyl (C=O) groups excluding carboxylic acids is 1. The highest BCUT2D eigenvalue weighted by molar-refractivity contribution is 8.01. The number of esters is 1. The number of ether oxygens (including phenoxy) is 1. The molecule has 0 saturated heterocycles. The molecule has 0 bridgehead atoms. The van der Waals surface area contributed by atoms with Gasteiger partial charge in [-0.1, -0.05) is 25.1 Å². The Morgan fingerprint density at radius 3 is 3.00 bits per heavy atom. The normalized spacial score (nSPS) is 10.3. The molecule has 0 saturated carbocycles. The minimum absolute atomic E-state index is 0.179. The molecule has 4 nitrogen and oxygen atoms in total. The molecule has 0 atom stereocenters. The summed E-state index contributed by atoms with van der Waals surface area (Å²) < 4.78 is 9.85. The third-order valence-electron chi connectivity index (χ3n) is 1.58. The van der Waals surface area contributed by atoms with Crippen LogP contribution in [0.1, 0.15) is 25.6 Å². The maximum Gasteiger partial charge on any atom is 0.316 e. The van der Waals surface area contributed by atoms with E-state index in [4.69, 9.17) is 4.74 Å². The Bertz CT molecular complexity index is 315. The first-order valence-electron chi connectivity index (χ1n) is 4.81. The Balaban J connectivity index is 2.16. The van der Waals surface area contributed by atoms with Crippen molar-refractivity contribution < 1.29 is 9.53 Å². The zero-order chi connectivity index (χ0) is 11.1. The SMILES string of the molecule is CCCCOC(=O)CSc1nc(C)ns1. The third-order valence-corrected chi connectivity index (χ3v) is 3.48. The summed E-state index contributed by atoms with van der Waals surface area (Å²) in [6, 6.07) is 0. The van der Waals surface area contributed by atoms with Crippen LogP contribution in [0.4, 0.5) is 0 Å². The van der Waals surface area contributed by atoms with Crippen molar-refractivity contribution in [2.75, 3.05) is 12.4 Å². The maximum atomic E-state index is 11.2. The fourth-order valence-corrected chi connectivity index (χ4v) is 2.27. The summed E-state index contributed by atoms with van der Waals surface area (Å²) in [7, 11) is 0. The van der Waals surface area contributed by atoms with E-state index in [0.29, 0.717) is 12.4 Å². The van der Waals surface area contributed by atoms with Crippen molar-refractivity contribution in [1.29, 1.82) is 0 Å². The zero-order valence-electron chi connectivity index (χ0n) is 8.86. The summed E-state index contributed by atoms with van der Waals surface area (Å²) >= 11 is 2.69. The van der Waals surface area contributed by atoms with Crippen LogP contribution in [-0.2, 0) is 9.53 Å². The maximum absolute atomic E-state index is 11.2. The topological polar surface area (TPSA) is 52.1 Å². The number of carbonyl (C=O) groups is 1. The monoisotopic (exact) mass is 246 g/mol. The Morgan fingerprint density at radius 1 is 1.60 bits per heavy atom. The number of nitrogens with zero attached hydrogens (tertiary/aromatic N) is 2. The van der Waals surface area contributed by atoms with Gasteiger partial charge in [0.05, 0.1) is 12.4 Å². The summed E-state index contributed by atoms with van der Waals surface area (Å²) in [5.74, 6) is 0.890. The lowest BCUT2D eigenvalue weighted by atomic mass is 10.4. The molecule has 0 N–H and O–H groups in total. The molecule has 0 aliphatic heterocycles. The van der Waals surface area contributed by atoms with Crippen LogP contribution in [0, 0.1) is 6.92 Å². The van der Waals surface area contributed by atoms with Crippen molar-refractivity contribution in [3.8, 4) is 0 Å². The average Bonchev–Trinajstić information content (AvgIpc) is 2.62. The van der Waals surface area contributed by atoms with Gasteiger partial charge >= 0.3 is 5.97 Å². The number of unbranched alkanes of at least 4 members (excludes halogenated alkanes) is 1. The van der Waals surface area contributed by atoms with E-state index >= 15 is 0 Å².